The molecule has 1 aliphatic heterocycles. The first-order valence-corrected chi connectivity index (χ1v) is 3.13. The fourth-order valence-electron chi connectivity index (χ4n) is 0.573. The highest BCUT2D eigenvalue weighted by molar-refractivity contribution is 7.82. The highest BCUT2D eigenvalue weighted by atomic mass is 32.1. The predicted octanol–water partition coefficient (Wildman–Crippen LogP) is -0.158. The number of thiol groups is 1. The minimum atomic E-state index is -1.04. The van der Waals surface area contributed by atoms with Crippen molar-refractivity contribution < 1.29 is 9.90 Å². The van der Waals surface area contributed by atoms with Crippen LogP contribution >= 0.6 is 12.6 Å². The topological polar surface area (TPSA) is 61.7 Å². The molecule has 10 heavy (non-hydrogen) atoms. The molecule has 0 radical (unpaired) electrons. The standard InChI is InChI=1S/C5H6N2O2S/c8-5(9)3-4(10)7-2-1-6-3/h1-2,4,7,10H,(H,8,9). The zero-order chi connectivity index (χ0) is 7.56. The van der Waals surface area contributed by atoms with Crippen LogP contribution in [0.5, 0.6) is 0 Å². The van der Waals surface area contributed by atoms with Gasteiger partial charge >= 0.3 is 5.97 Å². The molecule has 0 aromatic carbocycles. The molecule has 0 aromatic heterocycles. The maximum absolute atomic E-state index is 10.3. The van der Waals surface area contributed by atoms with Gasteiger partial charge in [0, 0.05) is 12.4 Å². The van der Waals surface area contributed by atoms with Gasteiger partial charge in [-0.15, -0.1) is 12.6 Å². The Hall–Kier alpha value is -0.970. The van der Waals surface area contributed by atoms with Gasteiger partial charge in [0.2, 0.25) is 0 Å². The first kappa shape index (κ1) is 7.14. The molecule has 1 rings (SSSR count). The van der Waals surface area contributed by atoms with Crippen LogP contribution in [0.1, 0.15) is 0 Å². The molecular weight excluding hydrogens is 152 g/mol. The average Bonchev–Trinajstić information content (AvgIpc) is 1.88. The largest absolute Gasteiger partial charge is 0.477 e. The summed E-state index contributed by atoms with van der Waals surface area (Å²) in [6.45, 7) is 0. The Bertz CT molecular complexity index is 212. The lowest BCUT2D eigenvalue weighted by atomic mass is 10.3. The van der Waals surface area contributed by atoms with E-state index in [1.54, 1.807) is 6.20 Å². The van der Waals surface area contributed by atoms with E-state index >= 15 is 0 Å². The summed E-state index contributed by atoms with van der Waals surface area (Å²) < 4.78 is 0. The van der Waals surface area contributed by atoms with Crippen molar-refractivity contribution >= 4 is 24.3 Å². The quantitative estimate of drug-likeness (QED) is 0.465. The third-order valence-electron chi connectivity index (χ3n) is 1.02. The van der Waals surface area contributed by atoms with Gasteiger partial charge in [0.25, 0.3) is 0 Å². The third-order valence-corrected chi connectivity index (χ3v) is 1.41. The summed E-state index contributed by atoms with van der Waals surface area (Å²) in [7, 11) is 0. The minimum Gasteiger partial charge on any atom is -0.477 e. The highest BCUT2D eigenvalue weighted by Crippen LogP contribution is 2.00. The number of nitrogens with one attached hydrogen (secondary N) is 1. The maximum atomic E-state index is 10.3. The van der Waals surface area contributed by atoms with Gasteiger partial charge in [0.1, 0.15) is 5.37 Å². The van der Waals surface area contributed by atoms with E-state index < -0.39 is 11.3 Å². The molecule has 1 unspecified atom stereocenters. The number of carbonyl (C=O) groups is 1. The molecule has 0 aliphatic carbocycles. The Labute approximate surface area is 63.1 Å². The number of carboxylic acid groups (broad SMARTS) is 1. The van der Waals surface area contributed by atoms with E-state index in [4.69, 9.17) is 5.11 Å². The second-order valence-corrected chi connectivity index (χ2v) is 2.22. The Morgan fingerprint density at radius 3 is 3.00 bits per heavy atom. The molecule has 1 atom stereocenters. The Kier molecular flexibility index (Phi) is 1.96. The minimum absolute atomic E-state index is 0.0193. The lowest BCUT2D eigenvalue weighted by Crippen LogP contribution is -2.35. The van der Waals surface area contributed by atoms with E-state index in [0.717, 1.165) is 0 Å². The number of hydrogen-bond acceptors (Lipinski definition) is 4. The van der Waals surface area contributed by atoms with Crippen LogP contribution in [0.15, 0.2) is 17.4 Å². The van der Waals surface area contributed by atoms with Crippen LogP contribution in [0, 0.1) is 0 Å². The smallest absolute Gasteiger partial charge is 0.353 e. The Morgan fingerprint density at radius 2 is 2.60 bits per heavy atom. The molecule has 0 amide bonds. The van der Waals surface area contributed by atoms with E-state index in [0.29, 0.717) is 0 Å². The van der Waals surface area contributed by atoms with Gasteiger partial charge in [-0.2, -0.15) is 0 Å². The lowest BCUT2D eigenvalue weighted by molar-refractivity contribution is -0.129. The van der Waals surface area contributed by atoms with Gasteiger partial charge in [0.15, 0.2) is 5.71 Å². The van der Waals surface area contributed by atoms with Crippen molar-refractivity contribution in [2.24, 2.45) is 4.99 Å². The molecule has 54 valence electrons. The molecule has 0 bridgehead atoms. The summed E-state index contributed by atoms with van der Waals surface area (Å²) in [5.41, 5.74) is 0.0193. The van der Waals surface area contributed by atoms with E-state index in [9.17, 15) is 4.79 Å². The summed E-state index contributed by atoms with van der Waals surface area (Å²) in [5.74, 6) is -1.04. The predicted molar refractivity (Wildman–Crippen MR) is 40.1 cm³/mol. The number of aliphatic imine (C=N–C) groups is 1. The van der Waals surface area contributed by atoms with Crippen molar-refractivity contribution in [3.63, 3.8) is 0 Å². The highest BCUT2D eigenvalue weighted by Gasteiger charge is 2.18. The van der Waals surface area contributed by atoms with Crippen molar-refractivity contribution in [1.29, 1.82) is 0 Å². The molecule has 0 saturated heterocycles. The molecule has 4 nitrogen and oxygen atoms in total. The van der Waals surface area contributed by atoms with Crippen molar-refractivity contribution in [1.82, 2.24) is 5.32 Å². The summed E-state index contributed by atoms with van der Waals surface area (Å²) in [5, 5.41) is 10.6. The zero-order valence-electron chi connectivity index (χ0n) is 4.98. The lowest BCUT2D eigenvalue weighted by Gasteiger charge is -2.12. The SMILES string of the molecule is O=C(O)C1=NC=CNC1S. The summed E-state index contributed by atoms with van der Waals surface area (Å²) in [6, 6.07) is 0. The van der Waals surface area contributed by atoms with E-state index in [1.165, 1.54) is 6.20 Å². The van der Waals surface area contributed by atoms with Gasteiger partial charge < -0.3 is 10.4 Å². The molecule has 1 heterocycles. The van der Waals surface area contributed by atoms with Gasteiger partial charge in [-0.25, -0.2) is 9.79 Å². The van der Waals surface area contributed by atoms with Crippen LogP contribution in [0.4, 0.5) is 0 Å². The van der Waals surface area contributed by atoms with Gasteiger partial charge in [-0.1, -0.05) is 0 Å². The van der Waals surface area contributed by atoms with Crippen molar-refractivity contribution in [3.05, 3.63) is 12.4 Å². The van der Waals surface area contributed by atoms with E-state index in [2.05, 4.69) is 22.9 Å². The van der Waals surface area contributed by atoms with Gasteiger partial charge in [-0.3, -0.25) is 0 Å². The molecule has 1 aliphatic rings. The number of nitrogens with zero attached hydrogens (tertiary/aromatic N) is 1. The molecule has 0 aromatic rings. The first-order valence-electron chi connectivity index (χ1n) is 2.62. The Balaban J connectivity index is 2.80. The fraction of sp³-hybridized carbons (Fsp3) is 0.200. The second kappa shape index (κ2) is 2.74. The summed E-state index contributed by atoms with van der Waals surface area (Å²) >= 11 is 3.92. The van der Waals surface area contributed by atoms with Crippen LogP contribution in [-0.2, 0) is 4.79 Å². The zero-order valence-corrected chi connectivity index (χ0v) is 5.88. The maximum Gasteiger partial charge on any atom is 0.353 e. The van der Waals surface area contributed by atoms with Gasteiger partial charge in [-0.05, 0) is 0 Å². The van der Waals surface area contributed by atoms with E-state index in [1.807, 2.05) is 0 Å². The molecule has 0 fully saturated rings. The van der Waals surface area contributed by atoms with Crippen molar-refractivity contribution in [2.75, 3.05) is 0 Å². The molecule has 0 saturated carbocycles. The number of hydrogen-bond donors (Lipinski definition) is 3. The van der Waals surface area contributed by atoms with Crippen LogP contribution < -0.4 is 5.32 Å². The number of carboxylic acids is 1. The molecule has 5 heteroatoms. The van der Waals surface area contributed by atoms with Crippen molar-refractivity contribution in [3.8, 4) is 0 Å². The van der Waals surface area contributed by atoms with Crippen LogP contribution in [0.2, 0.25) is 0 Å². The van der Waals surface area contributed by atoms with Crippen LogP contribution in [0.25, 0.3) is 0 Å². The molecule has 0 spiro atoms. The Morgan fingerprint density at radius 1 is 1.90 bits per heavy atom. The molecular formula is C5H6N2O2S. The number of rotatable bonds is 1. The number of aliphatic carboxylic acids is 1. The summed E-state index contributed by atoms with van der Waals surface area (Å²) in [4.78, 5) is 13.9. The second-order valence-electron chi connectivity index (χ2n) is 1.70. The van der Waals surface area contributed by atoms with E-state index in [-0.39, 0.29) is 5.71 Å². The van der Waals surface area contributed by atoms with Crippen molar-refractivity contribution in [2.45, 2.75) is 5.37 Å². The van der Waals surface area contributed by atoms with Crippen LogP contribution in [0.3, 0.4) is 0 Å². The molecule has 2 N–H and O–H groups in total. The fourth-order valence-corrected chi connectivity index (χ4v) is 0.837. The van der Waals surface area contributed by atoms with Gasteiger partial charge in [0.05, 0.1) is 0 Å². The summed E-state index contributed by atoms with van der Waals surface area (Å²) in [6.07, 6.45) is 2.93. The third kappa shape index (κ3) is 1.30. The normalized spacial score (nSPS) is 23.3. The monoisotopic (exact) mass is 158 g/mol. The first-order chi connectivity index (χ1) is 4.72. The average molecular weight is 158 g/mol. The van der Waals surface area contributed by atoms with Crippen LogP contribution in [-0.4, -0.2) is 22.2 Å².